The molecule has 3 heterocycles. The number of carbonyl (C=O) groups excluding carboxylic acids is 1. The fourth-order valence-corrected chi connectivity index (χ4v) is 7.19. The SMILES string of the molecule is CC1(C)[C@H]2CC[C@]1([C@H]1CCCN(C(=O)c3ccon3)C1)c1nnc(-c3c(F)cccc3F)cc12. The van der Waals surface area contributed by atoms with Crippen molar-refractivity contribution in [3.05, 3.63) is 65.2 Å². The van der Waals surface area contributed by atoms with E-state index in [-0.39, 0.29) is 39.8 Å². The van der Waals surface area contributed by atoms with E-state index in [2.05, 4.69) is 29.2 Å². The molecule has 2 fully saturated rings. The third-order valence-electron chi connectivity index (χ3n) is 8.75. The predicted molar refractivity (Wildman–Crippen MR) is 120 cm³/mol. The zero-order chi connectivity index (χ0) is 23.7. The Morgan fingerprint density at radius 1 is 1.15 bits per heavy atom. The standard InChI is InChI=1S/C26H26F2N4O2/c1-25(2)17-8-10-26(25,15-5-4-11-32(14-15)24(33)20-9-12-34-31-20)23-16(17)13-21(29-30-23)22-18(27)6-3-7-19(22)28/h3,6-7,9,12-13,15,17H,4-5,8,10-11,14H2,1-2H3/t15-,17-,26-/m0/s1. The lowest BCUT2D eigenvalue weighted by atomic mass is 9.59. The average molecular weight is 465 g/mol. The molecule has 3 aliphatic rings. The van der Waals surface area contributed by atoms with Crippen LogP contribution in [0, 0.1) is 23.0 Å². The van der Waals surface area contributed by atoms with Gasteiger partial charge in [-0.3, -0.25) is 4.79 Å². The van der Waals surface area contributed by atoms with Gasteiger partial charge in [0.15, 0.2) is 5.69 Å². The molecule has 0 N–H and O–H groups in total. The number of likely N-dealkylation sites (tertiary alicyclic amines) is 1. The van der Waals surface area contributed by atoms with E-state index in [4.69, 9.17) is 4.52 Å². The van der Waals surface area contributed by atoms with Crippen molar-refractivity contribution in [1.29, 1.82) is 0 Å². The molecule has 0 unspecified atom stereocenters. The highest BCUT2D eigenvalue weighted by atomic mass is 19.1. The first-order valence-electron chi connectivity index (χ1n) is 11.9. The van der Waals surface area contributed by atoms with Crippen molar-refractivity contribution < 1.29 is 18.1 Å². The molecule has 2 aromatic heterocycles. The first kappa shape index (κ1) is 21.4. The van der Waals surface area contributed by atoms with Gasteiger partial charge in [0.05, 0.1) is 17.0 Å². The Kier molecular flexibility index (Phi) is 4.66. The molecule has 2 aliphatic carbocycles. The van der Waals surface area contributed by atoms with Crippen LogP contribution in [-0.4, -0.2) is 39.3 Å². The van der Waals surface area contributed by atoms with E-state index in [1.165, 1.54) is 24.5 Å². The Balaban J connectivity index is 1.40. The second kappa shape index (κ2) is 7.42. The molecule has 3 aromatic rings. The summed E-state index contributed by atoms with van der Waals surface area (Å²) in [5.74, 6) is -0.949. The van der Waals surface area contributed by atoms with Crippen LogP contribution in [0.1, 0.15) is 67.2 Å². The molecular weight excluding hydrogens is 438 g/mol. The summed E-state index contributed by atoms with van der Waals surface area (Å²) in [6, 6.07) is 7.28. The summed E-state index contributed by atoms with van der Waals surface area (Å²) in [6.07, 6.45) is 5.26. The van der Waals surface area contributed by atoms with Crippen molar-refractivity contribution in [2.45, 2.75) is 50.9 Å². The Hall–Kier alpha value is -3.16. The third kappa shape index (κ3) is 2.77. The number of rotatable bonds is 3. The average Bonchev–Trinajstić information content (AvgIpc) is 3.50. The summed E-state index contributed by atoms with van der Waals surface area (Å²) in [4.78, 5) is 14.9. The van der Waals surface area contributed by atoms with Crippen molar-refractivity contribution >= 4 is 5.91 Å². The monoisotopic (exact) mass is 464 g/mol. The van der Waals surface area contributed by atoms with Crippen molar-refractivity contribution in [3.8, 4) is 11.3 Å². The van der Waals surface area contributed by atoms with E-state index in [0.29, 0.717) is 18.8 Å². The molecule has 1 aromatic carbocycles. The summed E-state index contributed by atoms with van der Waals surface area (Å²) in [5.41, 5.74) is 2.06. The van der Waals surface area contributed by atoms with Gasteiger partial charge in [-0.2, -0.15) is 10.2 Å². The summed E-state index contributed by atoms with van der Waals surface area (Å²) in [6.45, 7) is 5.85. The smallest absolute Gasteiger partial charge is 0.276 e. The highest BCUT2D eigenvalue weighted by Gasteiger charge is 2.66. The van der Waals surface area contributed by atoms with E-state index in [9.17, 15) is 13.6 Å². The lowest BCUT2D eigenvalue weighted by Gasteiger charge is -2.48. The molecular formula is C26H26F2N4O2. The molecule has 1 amide bonds. The Bertz CT molecular complexity index is 1260. The van der Waals surface area contributed by atoms with Crippen LogP contribution in [0.25, 0.3) is 11.3 Å². The zero-order valence-electron chi connectivity index (χ0n) is 19.2. The normalized spacial score (nSPS) is 27.1. The Morgan fingerprint density at radius 3 is 2.68 bits per heavy atom. The summed E-state index contributed by atoms with van der Waals surface area (Å²) in [5, 5.41) is 12.8. The molecule has 0 radical (unpaired) electrons. The molecule has 6 rings (SSSR count). The number of amides is 1. The largest absolute Gasteiger partial charge is 0.364 e. The van der Waals surface area contributed by atoms with E-state index >= 15 is 0 Å². The predicted octanol–water partition coefficient (Wildman–Crippen LogP) is 5.12. The Morgan fingerprint density at radius 2 is 1.94 bits per heavy atom. The Labute approximate surface area is 196 Å². The minimum Gasteiger partial charge on any atom is -0.364 e. The van der Waals surface area contributed by atoms with Crippen LogP contribution in [0.3, 0.4) is 0 Å². The van der Waals surface area contributed by atoms with Gasteiger partial charge in [-0.05, 0) is 66.7 Å². The second-order valence-electron chi connectivity index (χ2n) is 10.4. The van der Waals surface area contributed by atoms with Crippen LogP contribution in [0.15, 0.2) is 41.1 Å². The van der Waals surface area contributed by atoms with Gasteiger partial charge in [0.1, 0.15) is 17.9 Å². The third-order valence-corrected chi connectivity index (χ3v) is 8.75. The molecule has 1 saturated heterocycles. The number of fused-ring (bicyclic) bond motifs is 5. The van der Waals surface area contributed by atoms with E-state index < -0.39 is 11.6 Å². The summed E-state index contributed by atoms with van der Waals surface area (Å²) in [7, 11) is 0. The molecule has 1 aliphatic heterocycles. The van der Waals surface area contributed by atoms with Gasteiger partial charge in [-0.1, -0.05) is 25.1 Å². The first-order valence-corrected chi connectivity index (χ1v) is 11.9. The lowest BCUT2D eigenvalue weighted by molar-refractivity contribution is 0.0416. The van der Waals surface area contributed by atoms with Gasteiger partial charge >= 0.3 is 0 Å². The lowest BCUT2D eigenvalue weighted by Crippen LogP contribution is -2.51. The number of carbonyl (C=O) groups is 1. The minimum atomic E-state index is -0.638. The fraction of sp³-hybridized carbons (Fsp3) is 0.462. The van der Waals surface area contributed by atoms with Crippen LogP contribution in [0.5, 0.6) is 0 Å². The maximum atomic E-state index is 14.5. The number of nitrogens with zero attached hydrogens (tertiary/aromatic N) is 4. The molecule has 34 heavy (non-hydrogen) atoms. The van der Waals surface area contributed by atoms with E-state index in [0.717, 1.165) is 36.9 Å². The van der Waals surface area contributed by atoms with Crippen molar-refractivity contribution in [3.63, 3.8) is 0 Å². The molecule has 3 atom stereocenters. The van der Waals surface area contributed by atoms with Crippen LogP contribution >= 0.6 is 0 Å². The number of hydrogen-bond donors (Lipinski definition) is 0. The van der Waals surface area contributed by atoms with Crippen LogP contribution in [0.2, 0.25) is 0 Å². The van der Waals surface area contributed by atoms with Crippen LogP contribution in [0.4, 0.5) is 8.78 Å². The molecule has 0 spiro atoms. The molecule has 6 nitrogen and oxygen atoms in total. The topological polar surface area (TPSA) is 72.1 Å². The fourth-order valence-electron chi connectivity index (χ4n) is 7.19. The van der Waals surface area contributed by atoms with Gasteiger partial charge in [-0.25, -0.2) is 8.78 Å². The van der Waals surface area contributed by atoms with Crippen LogP contribution in [-0.2, 0) is 5.41 Å². The highest BCUT2D eigenvalue weighted by Crippen LogP contribution is 2.70. The second-order valence-corrected chi connectivity index (χ2v) is 10.4. The van der Waals surface area contributed by atoms with Gasteiger partial charge < -0.3 is 9.42 Å². The quantitative estimate of drug-likeness (QED) is 0.538. The van der Waals surface area contributed by atoms with Crippen molar-refractivity contribution in [1.82, 2.24) is 20.3 Å². The highest BCUT2D eigenvalue weighted by molar-refractivity contribution is 5.92. The van der Waals surface area contributed by atoms with Crippen molar-refractivity contribution in [2.75, 3.05) is 13.1 Å². The van der Waals surface area contributed by atoms with Gasteiger partial charge in [-0.15, -0.1) is 0 Å². The summed E-state index contributed by atoms with van der Waals surface area (Å²) >= 11 is 0. The number of aromatic nitrogens is 3. The number of benzene rings is 1. The maximum Gasteiger partial charge on any atom is 0.276 e. The maximum absolute atomic E-state index is 14.5. The molecule has 2 bridgehead atoms. The zero-order valence-corrected chi connectivity index (χ0v) is 19.2. The molecule has 8 heteroatoms. The van der Waals surface area contributed by atoms with Gasteiger partial charge in [0, 0.05) is 24.6 Å². The molecule has 176 valence electrons. The summed E-state index contributed by atoms with van der Waals surface area (Å²) < 4.78 is 33.8. The van der Waals surface area contributed by atoms with Crippen LogP contribution < -0.4 is 0 Å². The first-order chi connectivity index (χ1) is 16.3. The van der Waals surface area contributed by atoms with E-state index in [1.807, 2.05) is 11.0 Å². The number of piperidine rings is 1. The number of halogens is 2. The molecule has 1 saturated carbocycles. The van der Waals surface area contributed by atoms with E-state index in [1.54, 1.807) is 6.07 Å². The van der Waals surface area contributed by atoms with Crippen molar-refractivity contribution in [2.24, 2.45) is 11.3 Å². The number of hydrogen-bond acceptors (Lipinski definition) is 5. The van der Waals surface area contributed by atoms with Gasteiger partial charge in [0.25, 0.3) is 5.91 Å². The van der Waals surface area contributed by atoms with Gasteiger partial charge in [0.2, 0.25) is 0 Å². The minimum absolute atomic E-state index is 0.110.